The van der Waals surface area contributed by atoms with Crippen LogP contribution < -0.4 is 31.7 Å². The largest absolute Gasteiger partial charge is 0.491 e. The fourth-order valence-corrected chi connectivity index (χ4v) is 8.96. The third-order valence-electron chi connectivity index (χ3n) is 13.3. The number of rotatable bonds is 19. The number of ketones is 1. The van der Waals surface area contributed by atoms with E-state index in [1.54, 1.807) is 0 Å². The molecule has 1 heterocycles. The zero-order valence-electron chi connectivity index (χ0n) is 39.7. The van der Waals surface area contributed by atoms with E-state index in [1.807, 2.05) is 56.3 Å². The third-order valence-corrected chi connectivity index (χ3v) is 13.3. The summed E-state index contributed by atoms with van der Waals surface area (Å²) in [5.74, 6) is -1.82. The van der Waals surface area contributed by atoms with Gasteiger partial charge in [-0.1, -0.05) is 82.7 Å². The van der Waals surface area contributed by atoms with E-state index in [2.05, 4.69) is 74.1 Å². The van der Waals surface area contributed by atoms with Gasteiger partial charge >= 0.3 is 5.97 Å². The topological polar surface area (TPSA) is 204 Å². The van der Waals surface area contributed by atoms with E-state index in [-0.39, 0.29) is 82.1 Å². The fraction of sp³-hybridized carbons (Fsp3) is 0.500. The van der Waals surface area contributed by atoms with E-state index in [0.29, 0.717) is 17.7 Å². The van der Waals surface area contributed by atoms with Crippen LogP contribution >= 0.6 is 0 Å². The van der Waals surface area contributed by atoms with Gasteiger partial charge in [0, 0.05) is 17.9 Å². The Hall–Kier alpha value is -5.86. The first-order chi connectivity index (χ1) is 31.6. The minimum absolute atomic E-state index is 0.00267. The summed E-state index contributed by atoms with van der Waals surface area (Å²) in [5, 5.41) is 10.2. The molecule has 0 radical (unpaired) electrons. The Kier molecular flexibility index (Phi) is 18.6. The van der Waals surface area contributed by atoms with Crippen molar-refractivity contribution in [1.82, 2.24) is 21.3 Å². The van der Waals surface area contributed by atoms with Gasteiger partial charge in [-0.2, -0.15) is 0 Å². The lowest BCUT2D eigenvalue weighted by Gasteiger charge is -2.45. The van der Waals surface area contributed by atoms with Crippen molar-refractivity contribution in [2.75, 3.05) is 46.2 Å². The van der Waals surface area contributed by atoms with Gasteiger partial charge < -0.3 is 41.2 Å². The summed E-state index contributed by atoms with van der Waals surface area (Å²) in [4.78, 5) is 77.7. The van der Waals surface area contributed by atoms with Crippen LogP contribution in [0.3, 0.4) is 0 Å². The number of allylic oxidation sites excluding steroid dienone is 6. The Morgan fingerprint density at radius 1 is 0.939 bits per heavy atom. The fourth-order valence-electron chi connectivity index (χ4n) is 8.96. The Labute approximate surface area is 389 Å². The van der Waals surface area contributed by atoms with Gasteiger partial charge in [-0.3, -0.25) is 28.8 Å². The number of carbonyl (C=O) groups is 6. The summed E-state index contributed by atoms with van der Waals surface area (Å²) in [6, 6.07) is 14.1. The van der Waals surface area contributed by atoms with Gasteiger partial charge in [-0.05, 0) is 121 Å². The van der Waals surface area contributed by atoms with Crippen LogP contribution in [-0.4, -0.2) is 87.6 Å². The second kappa shape index (κ2) is 24.1. The number of hydrogen-bond donors (Lipinski definition) is 5. The van der Waals surface area contributed by atoms with Crippen LogP contribution in [0.2, 0.25) is 0 Å². The smallest absolute Gasteiger partial charge is 0.316 e. The monoisotopic (exact) mass is 908 g/mol. The molecule has 2 aliphatic carbocycles. The number of esters is 1. The van der Waals surface area contributed by atoms with Crippen LogP contribution in [0, 0.1) is 30.1 Å². The molecule has 2 unspecified atom stereocenters. The van der Waals surface area contributed by atoms with E-state index >= 15 is 0 Å². The molecule has 1 aliphatic heterocycles. The average molecular weight is 908 g/mol. The second-order valence-corrected chi connectivity index (χ2v) is 17.8. The third kappa shape index (κ3) is 12.7. The highest BCUT2D eigenvalue weighted by atomic mass is 16.5. The minimum atomic E-state index is -0.998. The van der Waals surface area contributed by atoms with Crippen LogP contribution in [0.4, 0.5) is 0 Å². The predicted molar refractivity (Wildman–Crippen MR) is 254 cm³/mol. The SMILES string of the molecule is CC/C=C1C(=C(/CC)c2cc(OCCOCNC(=O)CNC(=O)[C@H](Cc3ccccc3)NC(=O)CNC(=O)CN)ccc2C)/CC(C)C(C)C(=O)C2=C(/C=C/1C)[C@](C)(C1CCC1)C(=O)OC2. The summed E-state index contributed by atoms with van der Waals surface area (Å²) in [7, 11) is 0. The molecule has 14 nitrogen and oxygen atoms in total. The van der Waals surface area contributed by atoms with E-state index in [4.69, 9.17) is 19.9 Å². The number of nitrogens with two attached hydrogens (primary N) is 1. The molecule has 1 saturated carbocycles. The lowest BCUT2D eigenvalue weighted by Crippen LogP contribution is -2.52. The molecule has 3 aliphatic rings. The maximum Gasteiger partial charge on any atom is 0.316 e. The normalized spacial score (nSPS) is 22.7. The lowest BCUT2D eigenvalue weighted by atomic mass is 9.60. The number of ether oxygens (including phenoxy) is 3. The predicted octanol–water partition coefficient (Wildman–Crippen LogP) is 5.73. The first-order valence-corrected chi connectivity index (χ1v) is 23.3. The van der Waals surface area contributed by atoms with Crippen LogP contribution in [0.25, 0.3) is 5.57 Å². The molecule has 14 heteroatoms. The van der Waals surface area contributed by atoms with Crippen molar-refractivity contribution in [3.63, 3.8) is 0 Å². The number of benzene rings is 2. The summed E-state index contributed by atoms with van der Waals surface area (Å²) >= 11 is 0. The quantitative estimate of drug-likeness (QED) is 0.0658. The molecule has 0 saturated heterocycles. The number of hydrogen-bond acceptors (Lipinski definition) is 10. The van der Waals surface area contributed by atoms with Gasteiger partial charge in [-0.15, -0.1) is 0 Å². The second-order valence-electron chi connectivity index (χ2n) is 17.8. The Bertz CT molecular complexity index is 2240. The number of cyclic esters (lactones) is 1. The summed E-state index contributed by atoms with van der Waals surface area (Å²) in [6.07, 6.45) is 9.73. The van der Waals surface area contributed by atoms with E-state index in [1.165, 1.54) is 11.1 Å². The number of carbonyl (C=O) groups excluding carboxylic acids is 6. The van der Waals surface area contributed by atoms with Crippen molar-refractivity contribution in [2.24, 2.45) is 28.9 Å². The maximum atomic E-state index is 14.4. The van der Waals surface area contributed by atoms with Crippen molar-refractivity contribution in [3.05, 3.63) is 105 Å². The molecular weight excluding hydrogens is 839 g/mol. The molecule has 0 bridgehead atoms. The number of amides is 4. The van der Waals surface area contributed by atoms with Crippen LogP contribution in [0.1, 0.15) is 96.8 Å². The molecule has 2 aromatic carbocycles. The Balaban J connectivity index is 1.23. The highest BCUT2D eigenvalue weighted by Crippen LogP contribution is 2.52. The lowest BCUT2D eigenvalue weighted by molar-refractivity contribution is -0.158. The zero-order valence-corrected chi connectivity index (χ0v) is 39.7. The molecule has 4 atom stereocenters. The molecular formula is C52H69N5O9. The first kappa shape index (κ1) is 51.1. The van der Waals surface area contributed by atoms with Gasteiger partial charge in [0.15, 0.2) is 5.78 Å². The summed E-state index contributed by atoms with van der Waals surface area (Å²) in [6.45, 7) is 13.9. The van der Waals surface area contributed by atoms with Crippen molar-refractivity contribution >= 4 is 41.0 Å². The van der Waals surface area contributed by atoms with Crippen molar-refractivity contribution in [3.8, 4) is 5.75 Å². The molecule has 356 valence electrons. The molecule has 4 amide bonds. The van der Waals surface area contributed by atoms with Crippen LogP contribution in [0.5, 0.6) is 5.75 Å². The highest BCUT2D eigenvalue weighted by Gasteiger charge is 2.52. The van der Waals surface area contributed by atoms with Gasteiger partial charge in [0.1, 0.15) is 31.7 Å². The summed E-state index contributed by atoms with van der Waals surface area (Å²) in [5.41, 5.74) is 13.3. The maximum absolute atomic E-state index is 14.4. The number of nitrogens with one attached hydrogen (secondary N) is 4. The van der Waals surface area contributed by atoms with Gasteiger partial charge in [-0.25, -0.2) is 0 Å². The Morgan fingerprint density at radius 2 is 1.67 bits per heavy atom. The molecule has 0 spiro atoms. The minimum Gasteiger partial charge on any atom is -0.491 e. The van der Waals surface area contributed by atoms with E-state index in [9.17, 15) is 28.8 Å². The van der Waals surface area contributed by atoms with Crippen molar-refractivity contribution in [2.45, 2.75) is 99.5 Å². The molecule has 1 fully saturated rings. The van der Waals surface area contributed by atoms with E-state index < -0.39 is 35.1 Å². The number of Topliss-reactive ketones (excluding diaryl/α,β-unsaturated/α-hetero) is 1. The molecule has 6 N–H and O–H groups in total. The van der Waals surface area contributed by atoms with Crippen LogP contribution in [-0.2, 0) is 44.7 Å². The van der Waals surface area contributed by atoms with E-state index in [0.717, 1.165) is 65.5 Å². The van der Waals surface area contributed by atoms with Gasteiger partial charge in [0.05, 0.1) is 31.7 Å². The average Bonchev–Trinajstić information content (AvgIpc) is 3.28. The molecule has 0 aromatic heterocycles. The van der Waals surface area contributed by atoms with Crippen molar-refractivity contribution < 1.29 is 43.0 Å². The van der Waals surface area contributed by atoms with Crippen molar-refractivity contribution in [1.29, 1.82) is 0 Å². The number of aryl methyl sites for hydroxylation is 1. The molecule has 2 aromatic rings. The summed E-state index contributed by atoms with van der Waals surface area (Å²) < 4.78 is 17.6. The first-order valence-electron chi connectivity index (χ1n) is 23.3. The van der Waals surface area contributed by atoms with Gasteiger partial charge in [0.25, 0.3) is 0 Å². The van der Waals surface area contributed by atoms with Gasteiger partial charge in [0.2, 0.25) is 23.6 Å². The zero-order chi connectivity index (χ0) is 48.0. The molecule has 66 heavy (non-hydrogen) atoms. The highest BCUT2D eigenvalue weighted by molar-refractivity contribution is 6.02. The Morgan fingerprint density at radius 3 is 2.33 bits per heavy atom. The van der Waals surface area contributed by atoms with Crippen LogP contribution in [0.15, 0.2) is 88.5 Å². The molecule has 5 rings (SSSR count). The standard InChI is InChI=1S/C52H69N5O9/c1-8-14-40-34(5)24-44-43(30-66-51(63)52(44,7)37-17-13-18-37)49(61)35(6)33(4)23-42(40)39(9-2)41-26-38(20-19-32(41)3)65-22-21-64-31-56-47(59)28-55-50(62)45(25-36-15-11-10-12-16-36)57-48(60)29-54-46(58)27-53/h10-12,14-16,19-20,24,26,33,35,37,45H,8-9,13,17-18,21-23,25,27-31,53H2,1-7H3,(H,54,58)(H,55,62)(H,56,59)(H,57,60)/b34-24+,40-14+,42-39-/t33?,35?,45-,52-/m0/s1.